The zero-order valence-electron chi connectivity index (χ0n) is 13.7. The summed E-state index contributed by atoms with van der Waals surface area (Å²) in [6.45, 7) is 2.52. The van der Waals surface area contributed by atoms with Crippen LogP contribution in [-0.2, 0) is 4.74 Å². The number of methoxy groups -OCH3 is 1. The maximum Gasteiger partial charge on any atom is 0.409 e. The van der Waals surface area contributed by atoms with Gasteiger partial charge in [-0.2, -0.15) is 0 Å². The molecule has 2 fully saturated rings. The number of nitrogens with zero attached hydrogens (tertiary/aromatic N) is 1. The fourth-order valence-corrected chi connectivity index (χ4v) is 3.92. The van der Waals surface area contributed by atoms with Gasteiger partial charge in [-0.05, 0) is 37.5 Å². The summed E-state index contributed by atoms with van der Waals surface area (Å²) in [7, 11) is 1.41. The zero-order chi connectivity index (χ0) is 16.4. The maximum absolute atomic E-state index is 11.9. The number of aliphatic hydroxyl groups is 1. The van der Waals surface area contributed by atoms with Crippen molar-refractivity contribution in [3.63, 3.8) is 0 Å². The molecule has 1 heterocycles. The maximum atomic E-state index is 11.9. The molecular weight excluding hydrogens is 290 g/mol. The van der Waals surface area contributed by atoms with Gasteiger partial charge in [0.05, 0.1) is 7.11 Å². The predicted molar refractivity (Wildman–Crippen MR) is 87.9 cm³/mol. The van der Waals surface area contributed by atoms with Crippen LogP contribution in [0.15, 0.2) is 24.3 Å². The van der Waals surface area contributed by atoms with Gasteiger partial charge in [0.15, 0.2) is 0 Å². The Morgan fingerprint density at radius 1 is 1.43 bits per heavy atom. The average Bonchev–Trinajstić information content (AvgIpc) is 3.04. The topological polar surface area (TPSA) is 49.8 Å². The largest absolute Gasteiger partial charge is 0.453 e. The van der Waals surface area contributed by atoms with Crippen LogP contribution in [0.4, 0.5) is 4.79 Å². The number of carbonyl (C=O) groups excluding carboxylic acids is 1. The molecule has 1 saturated carbocycles. The number of fused-ring (bicyclic) bond motifs is 1. The van der Waals surface area contributed by atoms with Gasteiger partial charge in [-0.1, -0.05) is 30.4 Å². The van der Waals surface area contributed by atoms with Gasteiger partial charge in [-0.15, -0.1) is 0 Å². The highest BCUT2D eigenvalue weighted by atomic mass is 16.5. The Bertz CT molecular complexity index is 660. The Hall–Kier alpha value is -1.99. The van der Waals surface area contributed by atoms with Gasteiger partial charge in [0.2, 0.25) is 0 Å². The molecule has 1 aromatic carbocycles. The molecule has 3 rings (SSSR count). The normalized spacial score (nSPS) is 29.4. The van der Waals surface area contributed by atoms with Gasteiger partial charge in [0.1, 0.15) is 5.60 Å². The molecule has 1 N–H and O–H groups in total. The van der Waals surface area contributed by atoms with E-state index < -0.39 is 5.60 Å². The number of carbonyl (C=O) groups is 1. The molecule has 0 spiro atoms. The molecule has 23 heavy (non-hydrogen) atoms. The highest BCUT2D eigenvalue weighted by molar-refractivity contribution is 5.68. The summed E-state index contributed by atoms with van der Waals surface area (Å²) in [5.74, 6) is 6.26. The van der Waals surface area contributed by atoms with Gasteiger partial charge in [-0.3, -0.25) is 0 Å². The molecule has 0 bridgehead atoms. The summed E-state index contributed by atoms with van der Waals surface area (Å²) in [5, 5.41) is 11.1. The quantitative estimate of drug-likeness (QED) is 0.749. The molecule has 3 atom stereocenters. The van der Waals surface area contributed by atoms with Crippen molar-refractivity contribution >= 4 is 6.09 Å². The number of hydrogen-bond acceptors (Lipinski definition) is 3. The summed E-state index contributed by atoms with van der Waals surface area (Å²) in [6.07, 6.45) is 3.00. The number of ether oxygens (including phenoxy) is 1. The van der Waals surface area contributed by atoms with Crippen molar-refractivity contribution in [2.75, 3.05) is 13.7 Å². The standard InChI is InChI=1S/C19H23NO3/c1-14-5-3-6-15(13-14)9-10-19(22)11-12-20(18(21)23-2)17-8-4-7-16(17)19/h3,5-6,13,16-17,22H,4,7-8,11-12H2,1-2H3/t16?,17?,19-/m0/s1. The van der Waals surface area contributed by atoms with Crippen LogP contribution in [0, 0.1) is 24.7 Å². The average molecular weight is 313 g/mol. The Labute approximate surface area is 137 Å². The Balaban J connectivity index is 1.84. The van der Waals surface area contributed by atoms with E-state index in [1.165, 1.54) is 7.11 Å². The first-order valence-corrected chi connectivity index (χ1v) is 8.20. The predicted octanol–water partition coefficient (Wildman–Crippen LogP) is 2.72. The number of benzene rings is 1. The van der Waals surface area contributed by atoms with E-state index in [0.717, 1.165) is 30.4 Å². The number of amides is 1. The second kappa shape index (κ2) is 6.25. The zero-order valence-corrected chi connectivity index (χ0v) is 13.7. The minimum atomic E-state index is -1.02. The van der Waals surface area contributed by atoms with E-state index in [-0.39, 0.29) is 18.1 Å². The number of likely N-dealkylation sites (tertiary alicyclic amines) is 1. The molecule has 0 aromatic heterocycles. The molecule has 1 saturated heterocycles. The molecular formula is C19H23NO3. The minimum Gasteiger partial charge on any atom is -0.453 e. The van der Waals surface area contributed by atoms with E-state index in [0.29, 0.717) is 13.0 Å². The summed E-state index contributed by atoms with van der Waals surface area (Å²) < 4.78 is 4.88. The molecule has 1 aliphatic heterocycles. The second-order valence-corrected chi connectivity index (χ2v) is 6.56. The Morgan fingerprint density at radius 3 is 3.00 bits per heavy atom. The van der Waals surface area contributed by atoms with Crippen molar-refractivity contribution in [3.05, 3.63) is 35.4 Å². The van der Waals surface area contributed by atoms with E-state index >= 15 is 0 Å². The molecule has 1 amide bonds. The van der Waals surface area contributed by atoms with Gasteiger partial charge < -0.3 is 14.7 Å². The summed E-state index contributed by atoms with van der Waals surface area (Å²) in [4.78, 5) is 13.7. The van der Waals surface area contributed by atoms with Crippen LogP contribution in [0.1, 0.15) is 36.8 Å². The van der Waals surface area contributed by atoms with Crippen molar-refractivity contribution in [1.29, 1.82) is 0 Å². The van der Waals surface area contributed by atoms with E-state index in [1.807, 2.05) is 31.2 Å². The second-order valence-electron chi connectivity index (χ2n) is 6.56. The van der Waals surface area contributed by atoms with E-state index in [9.17, 15) is 9.90 Å². The first-order chi connectivity index (χ1) is 11.0. The molecule has 1 aliphatic carbocycles. The van der Waals surface area contributed by atoms with Gasteiger partial charge in [0, 0.05) is 30.5 Å². The monoisotopic (exact) mass is 313 g/mol. The van der Waals surface area contributed by atoms with Crippen LogP contribution in [-0.4, -0.2) is 41.4 Å². The highest BCUT2D eigenvalue weighted by Crippen LogP contribution is 2.42. The van der Waals surface area contributed by atoms with Gasteiger partial charge >= 0.3 is 6.09 Å². The van der Waals surface area contributed by atoms with Gasteiger partial charge in [-0.25, -0.2) is 4.79 Å². The van der Waals surface area contributed by atoms with Gasteiger partial charge in [0.25, 0.3) is 0 Å². The van der Waals surface area contributed by atoms with Crippen molar-refractivity contribution in [3.8, 4) is 11.8 Å². The van der Waals surface area contributed by atoms with E-state index in [4.69, 9.17) is 4.74 Å². The number of piperidine rings is 1. The molecule has 4 nitrogen and oxygen atoms in total. The summed E-state index contributed by atoms with van der Waals surface area (Å²) in [6, 6.07) is 8.02. The van der Waals surface area contributed by atoms with Crippen LogP contribution in [0.2, 0.25) is 0 Å². The van der Waals surface area contributed by atoms with Crippen molar-refractivity contribution < 1.29 is 14.6 Å². The minimum absolute atomic E-state index is 0.00709. The Kier molecular flexibility index (Phi) is 4.32. The third kappa shape index (κ3) is 3.07. The highest BCUT2D eigenvalue weighted by Gasteiger charge is 2.50. The lowest BCUT2D eigenvalue weighted by molar-refractivity contribution is -0.0437. The molecule has 122 valence electrons. The third-order valence-corrected chi connectivity index (χ3v) is 5.08. The van der Waals surface area contributed by atoms with Crippen LogP contribution < -0.4 is 0 Å². The molecule has 2 unspecified atom stereocenters. The first-order valence-electron chi connectivity index (χ1n) is 8.20. The first kappa shape index (κ1) is 15.9. The lowest BCUT2D eigenvalue weighted by Gasteiger charge is -2.44. The van der Waals surface area contributed by atoms with E-state index in [1.54, 1.807) is 4.90 Å². The van der Waals surface area contributed by atoms with Crippen LogP contribution >= 0.6 is 0 Å². The van der Waals surface area contributed by atoms with Crippen molar-refractivity contribution in [1.82, 2.24) is 4.90 Å². The van der Waals surface area contributed by atoms with Crippen LogP contribution in [0.25, 0.3) is 0 Å². The number of aryl methyl sites for hydroxylation is 1. The van der Waals surface area contributed by atoms with E-state index in [2.05, 4.69) is 11.8 Å². The van der Waals surface area contributed by atoms with Crippen molar-refractivity contribution in [2.24, 2.45) is 5.92 Å². The lowest BCUT2D eigenvalue weighted by Crippen LogP contribution is -2.56. The smallest absolute Gasteiger partial charge is 0.409 e. The lowest BCUT2D eigenvalue weighted by atomic mass is 9.77. The number of rotatable bonds is 0. The summed E-state index contributed by atoms with van der Waals surface area (Å²) >= 11 is 0. The fraction of sp³-hybridized carbons (Fsp3) is 0.526. The molecule has 0 radical (unpaired) electrons. The summed E-state index contributed by atoms with van der Waals surface area (Å²) in [5.41, 5.74) is 1.06. The molecule has 2 aliphatic rings. The molecule has 1 aromatic rings. The molecule has 4 heteroatoms. The SMILES string of the molecule is COC(=O)N1CC[C@@](O)(C#Cc2cccc(C)c2)C2CCCC21. The Morgan fingerprint density at radius 2 is 2.26 bits per heavy atom. The number of hydrogen-bond donors (Lipinski definition) is 1. The van der Waals surface area contributed by atoms with Crippen molar-refractivity contribution in [2.45, 2.75) is 44.2 Å². The van der Waals surface area contributed by atoms with Crippen LogP contribution in [0.5, 0.6) is 0 Å². The third-order valence-electron chi connectivity index (χ3n) is 5.08. The fourth-order valence-electron chi connectivity index (χ4n) is 3.92. The van der Waals surface area contributed by atoms with Crippen LogP contribution in [0.3, 0.4) is 0 Å².